The molecule has 0 radical (unpaired) electrons. The van der Waals surface area contributed by atoms with Crippen LogP contribution in [0.3, 0.4) is 0 Å². The third-order valence-corrected chi connectivity index (χ3v) is 15.7. The predicted molar refractivity (Wildman–Crippen MR) is 262 cm³/mol. The van der Waals surface area contributed by atoms with Gasteiger partial charge >= 0.3 is 0 Å². The molecular weight excluding hydrogens is 759 g/mol. The van der Waals surface area contributed by atoms with Crippen LogP contribution in [0.2, 0.25) is 0 Å². The van der Waals surface area contributed by atoms with Gasteiger partial charge in [0.25, 0.3) is 0 Å². The van der Waals surface area contributed by atoms with Crippen molar-refractivity contribution in [3.63, 3.8) is 0 Å². The van der Waals surface area contributed by atoms with Crippen molar-refractivity contribution in [3.8, 4) is 22.3 Å². The Kier molecular flexibility index (Phi) is 7.01. The second-order valence-corrected chi connectivity index (χ2v) is 18.2. The minimum absolute atomic E-state index is 0.263. The molecule has 14 rings (SSSR count). The van der Waals surface area contributed by atoms with E-state index in [1.165, 1.54) is 111 Å². The number of rotatable bonds is 4. The van der Waals surface area contributed by atoms with Crippen molar-refractivity contribution in [2.45, 2.75) is 30.1 Å². The van der Waals surface area contributed by atoms with Gasteiger partial charge in [-0.15, -0.1) is 0 Å². The molecule has 7 aromatic carbocycles. The molecule has 0 saturated heterocycles. The molecule has 0 fully saturated rings. The van der Waals surface area contributed by atoms with Gasteiger partial charge in [-0.05, 0) is 138 Å². The first-order valence-corrected chi connectivity index (χ1v) is 22.5. The molecule has 2 spiro atoms. The van der Waals surface area contributed by atoms with Crippen LogP contribution in [0.1, 0.15) is 63.8 Å². The first kappa shape index (κ1) is 35.2. The van der Waals surface area contributed by atoms with Crippen LogP contribution in [0.25, 0.3) is 44.2 Å². The average Bonchev–Trinajstić information content (AvgIpc) is 3.96. The first-order chi connectivity index (χ1) is 31.2. The minimum Gasteiger partial charge on any atom is -0.310 e. The smallest absolute Gasteiger partial charge is 0.0686 e. The highest BCUT2D eigenvalue weighted by molar-refractivity contribution is 6.03. The topological polar surface area (TPSA) is 3.24 Å². The maximum atomic E-state index is 4.29. The summed E-state index contributed by atoms with van der Waals surface area (Å²) in [6.07, 6.45) is 24.3. The molecule has 296 valence electrons. The molecule has 1 nitrogen and oxygen atoms in total. The third-order valence-electron chi connectivity index (χ3n) is 15.7. The third kappa shape index (κ3) is 4.19. The largest absolute Gasteiger partial charge is 0.310 e. The fraction of sp³-hybridized carbons (Fsp3) is 0.0968. The van der Waals surface area contributed by atoms with Gasteiger partial charge in [0.2, 0.25) is 0 Å². The zero-order valence-corrected chi connectivity index (χ0v) is 35.1. The molecule has 2 bridgehead atoms. The summed E-state index contributed by atoms with van der Waals surface area (Å²) in [6.45, 7) is 6.48. The molecule has 0 amide bonds. The average molecular weight is 802 g/mol. The normalized spacial score (nSPS) is 24.3. The van der Waals surface area contributed by atoms with E-state index in [2.05, 4.69) is 219 Å². The lowest BCUT2D eigenvalue weighted by Gasteiger charge is -2.42. The van der Waals surface area contributed by atoms with Crippen LogP contribution in [0.5, 0.6) is 0 Å². The van der Waals surface area contributed by atoms with Crippen molar-refractivity contribution in [1.82, 2.24) is 0 Å². The number of fused-ring (bicyclic) bond motifs is 14. The van der Waals surface area contributed by atoms with Crippen molar-refractivity contribution in [2.24, 2.45) is 5.92 Å². The fourth-order valence-electron chi connectivity index (χ4n) is 13.6. The van der Waals surface area contributed by atoms with Crippen LogP contribution >= 0.6 is 0 Å². The van der Waals surface area contributed by atoms with Crippen LogP contribution in [-0.4, -0.2) is 0 Å². The summed E-state index contributed by atoms with van der Waals surface area (Å²) in [6, 6.07) is 55.4. The van der Waals surface area contributed by atoms with E-state index in [0.717, 1.165) is 12.1 Å². The summed E-state index contributed by atoms with van der Waals surface area (Å²) in [5, 5.41) is 2.45. The zero-order valence-electron chi connectivity index (χ0n) is 35.1. The molecule has 0 saturated carbocycles. The molecule has 4 unspecified atom stereocenters. The van der Waals surface area contributed by atoms with Crippen molar-refractivity contribution in [3.05, 3.63) is 274 Å². The standard InChI is InChI=1S/C62H43N/c1-3-16-53-43(4-2)46-21-8-11-28-55(46)61(53)40-35-39(44-19-7-10-27-54(44)61)31-32-41(36-40)63(58-30-13-18-38-17-5-6-20-45(38)58)42-33-34-48-50-24-15-26-52-51-25-14-23-49-47-22-9-12-29-56(47)62(59(49)51,60(50)52)57(48)37-42/h3-34,36-37,47,56H,1,35H2,2H3/b43-4-,53-16+. The van der Waals surface area contributed by atoms with Gasteiger partial charge in [0.05, 0.1) is 16.5 Å². The Bertz CT molecular complexity index is 3480. The minimum atomic E-state index is -0.493. The van der Waals surface area contributed by atoms with Gasteiger partial charge in [0.15, 0.2) is 0 Å². The second-order valence-electron chi connectivity index (χ2n) is 18.2. The summed E-state index contributed by atoms with van der Waals surface area (Å²) in [4.78, 5) is 2.57. The van der Waals surface area contributed by atoms with E-state index < -0.39 is 5.41 Å². The van der Waals surface area contributed by atoms with Gasteiger partial charge in [-0.3, -0.25) is 0 Å². The molecule has 7 aromatic rings. The summed E-state index contributed by atoms with van der Waals surface area (Å²) < 4.78 is 0. The zero-order chi connectivity index (χ0) is 41.6. The second kappa shape index (κ2) is 12.6. The first-order valence-electron chi connectivity index (χ1n) is 22.5. The van der Waals surface area contributed by atoms with Gasteiger partial charge in [0.1, 0.15) is 0 Å². The van der Waals surface area contributed by atoms with Crippen molar-refractivity contribution >= 4 is 33.3 Å². The Labute approximate surface area is 369 Å². The number of nitrogens with zero attached hydrogens (tertiary/aromatic N) is 1. The van der Waals surface area contributed by atoms with Crippen LogP contribution in [-0.2, 0) is 10.8 Å². The highest BCUT2D eigenvalue weighted by Crippen LogP contribution is 2.72. The number of benzene rings is 7. The molecule has 0 heterocycles. The van der Waals surface area contributed by atoms with E-state index in [4.69, 9.17) is 0 Å². The molecule has 0 N–H and O–H groups in total. The summed E-state index contributed by atoms with van der Waals surface area (Å²) >= 11 is 0. The lowest BCUT2D eigenvalue weighted by atomic mass is 9.60. The number of hydrogen-bond acceptors (Lipinski definition) is 1. The Morgan fingerprint density at radius 3 is 2.19 bits per heavy atom. The summed E-state index contributed by atoms with van der Waals surface area (Å²) in [5.41, 5.74) is 24.8. The summed E-state index contributed by atoms with van der Waals surface area (Å²) in [7, 11) is 0. The maximum absolute atomic E-state index is 4.29. The van der Waals surface area contributed by atoms with Gasteiger partial charge in [-0.25, -0.2) is 0 Å². The van der Waals surface area contributed by atoms with Gasteiger partial charge in [-0.2, -0.15) is 0 Å². The summed E-state index contributed by atoms with van der Waals surface area (Å²) in [5.74, 6) is 0.630. The van der Waals surface area contributed by atoms with Crippen LogP contribution < -0.4 is 4.90 Å². The monoisotopic (exact) mass is 801 g/mol. The predicted octanol–water partition coefficient (Wildman–Crippen LogP) is 15.2. The molecule has 4 atom stereocenters. The molecular formula is C62H43N. The van der Waals surface area contributed by atoms with E-state index in [9.17, 15) is 0 Å². The van der Waals surface area contributed by atoms with Gasteiger partial charge in [-0.1, -0.05) is 183 Å². The Morgan fingerprint density at radius 1 is 0.635 bits per heavy atom. The number of allylic oxidation sites excluding steroid dienone is 14. The van der Waals surface area contributed by atoms with Crippen molar-refractivity contribution < 1.29 is 0 Å². The number of anilines is 2. The molecule has 1 heteroatoms. The van der Waals surface area contributed by atoms with E-state index in [-0.39, 0.29) is 5.41 Å². The van der Waals surface area contributed by atoms with Crippen LogP contribution in [0.15, 0.2) is 230 Å². The fourth-order valence-corrected chi connectivity index (χ4v) is 13.6. The van der Waals surface area contributed by atoms with E-state index in [1.807, 2.05) is 6.08 Å². The Morgan fingerprint density at radius 2 is 1.33 bits per heavy atom. The number of hydrogen-bond donors (Lipinski definition) is 0. The van der Waals surface area contributed by atoms with Gasteiger partial charge in [0, 0.05) is 28.6 Å². The molecule has 7 aliphatic carbocycles. The molecule has 7 aliphatic rings. The van der Waals surface area contributed by atoms with E-state index >= 15 is 0 Å². The van der Waals surface area contributed by atoms with Crippen molar-refractivity contribution in [1.29, 1.82) is 0 Å². The van der Waals surface area contributed by atoms with Crippen molar-refractivity contribution in [2.75, 3.05) is 4.90 Å². The van der Waals surface area contributed by atoms with Crippen LogP contribution in [0, 0.1) is 5.92 Å². The highest BCUT2D eigenvalue weighted by atomic mass is 15.1. The Hall–Kier alpha value is -7.48. The molecule has 0 aliphatic heterocycles. The quantitative estimate of drug-likeness (QED) is 0.171. The van der Waals surface area contributed by atoms with Crippen LogP contribution in [0.4, 0.5) is 11.4 Å². The maximum Gasteiger partial charge on any atom is 0.0686 e. The lowest BCUT2D eigenvalue weighted by Crippen LogP contribution is -2.34. The van der Waals surface area contributed by atoms with E-state index in [1.54, 1.807) is 0 Å². The SMILES string of the molecule is C=C/C=C1\C(=C/C)c2ccccc2C12C1=CC(N(c3ccc4c(c3)C35c6c-4cccc6-c4cccc(c43)C3C=CC=CC35)c3cccc4ccccc34)=CC=C(C1)c1ccccc12. The van der Waals surface area contributed by atoms with E-state index in [0.29, 0.717) is 11.8 Å². The Balaban J connectivity index is 1.06. The van der Waals surface area contributed by atoms with Gasteiger partial charge < -0.3 is 4.90 Å². The molecule has 63 heavy (non-hydrogen) atoms. The highest BCUT2D eigenvalue weighted by Gasteiger charge is 2.62. The lowest BCUT2D eigenvalue weighted by molar-refractivity contribution is 0.472. The molecule has 0 aromatic heterocycles.